The quantitative estimate of drug-likeness (QED) is 0.297. The van der Waals surface area contributed by atoms with Gasteiger partial charge in [0.1, 0.15) is 6.04 Å². The van der Waals surface area contributed by atoms with Crippen molar-refractivity contribution in [3.8, 4) is 0 Å². The lowest BCUT2D eigenvalue weighted by atomic mass is 10.1. The van der Waals surface area contributed by atoms with Crippen LogP contribution in [0, 0.1) is 0 Å². The zero-order chi connectivity index (χ0) is 13.3. The summed E-state index contributed by atoms with van der Waals surface area (Å²) in [5.74, 6) is -1.53. The molecule has 2 atom stereocenters. The standard InChI is InChI=1S/C10H22N4O3.3BrH.ClH/c11-5-1-3-7(13)9(15)14-8(10(16)17)4-2-6-12;;;;/h7-8H,1-6,11-13H2,(H,14,15)(H,16,17);4*1H/t7-,8-;;;;/m0..../s1. The molecule has 11 heteroatoms. The first kappa shape index (κ1) is 33.2. The van der Waals surface area contributed by atoms with E-state index in [1.54, 1.807) is 0 Å². The van der Waals surface area contributed by atoms with Gasteiger partial charge in [-0.2, -0.15) is 0 Å². The van der Waals surface area contributed by atoms with Gasteiger partial charge in [0.25, 0.3) is 0 Å². The Kier molecular flexibility index (Phi) is 32.5. The number of hydrogen-bond donors (Lipinski definition) is 5. The van der Waals surface area contributed by atoms with Crippen molar-refractivity contribution in [1.82, 2.24) is 5.32 Å². The highest BCUT2D eigenvalue weighted by Crippen LogP contribution is 1.99. The molecule has 21 heavy (non-hydrogen) atoms. The fourth-order valence-electron chi connectivity index (χ4n) is 1.33. The van der Waals surface area contributed by atoms with Gasteiger partial charge >= 0.3 is 5.97 Å². The third-order valence-corrected chi connectivity index (χ3v) is 2.37. The molecule has 0 aliphatic rings. The summed E-state index contributed by atoms with van der Waals surface area (Å²) >= 11 is 0. The smallest absolute Gasteiger partial charge is 0.326 e. The second-order valence-electron chi connectivity index (χ2n) is 3.87. The molecular weight excluding hydrogens is 499 g/mol. The lowest BCUT2D eigenvalue weighted by molar-refractivity contribution is -0.142. The first-order chi connectivity index (χ1) is 8.02. The minimum atomic E-state index is -1.07. The predicted molar refractivity (Wildman–Crippen MR) is 102 cm³/mol. The Morgan fingerprint density at radius 2 is 1.43 bits per heavy atom. The largest absolute Gasteiger partial charge is 0.480 e. The van der Waals surface area contributed by atoms with E-state index in [2.05, 4.69) is 5.32 Å². The molecule has 0 saturated carbocycles. The molecule has 0 aliphatic heterocycles. The number of carboxylic acid groups (broad SMARTS) is 1. The number of carboxylic acids is 1. The van der Waals surface area contributed by atoms with Crippen molar-refractivity contribution in [3.05, 3.63) is 0 Å². The van der Waals surface area contributed by atoms with Crippen molar-refractivity contribution >= 4 is 75.2 Å². The molecule has 0 spiro atoms. The average molecular weight is 526 g/mol. The fourth-order valence-corrected chi connectivity index (χ4v) is 1.33. The SMILES string of the molecule is Br.Br.Br.Cl.NCCC[C@H](NC(=O)[C@@H](N)CCCN)C(=O)O. The van der Waals surface area contributed by atoms with Crippen molar-refractivity contribution in [1.29, 1.82) is 0 Å². The summed E-state index contributed by atoms with van der Waals surface area (Å²) in [4.78, 5) is 22.4. The van der Waals surface area contributed by atoms with Crippen LogP contribution in [0.2, 0.25) is 0 Å². The van der Waals surface area contributed by atoms with Crippen LogP contribution in [0.15, 0.2) is 0 Å². The van der Waals surface area contributed by atoms with Crippen molar-refractivity contribution in [2.75, 3.05) is 13.1 Å². The minimum Gasteiger partial charge on any atom is -0.480 e. The van der Waals surface area contributed by atoms with Gasteiger partial charge in [-0.25, -0.2) is 4.79 Å². The van der Waals surface area contributed by atoms with Crippen LogP contribution < -0.4 is 22.5 Å². The molecule has 7 nitrogen and oxygen atoms in total. The molecule has 0 aromatic heterocycles. The van der Waals surface area contributed by atoms with E-state index >= 15 is 0 Å². The zero-order valence-electron chi connectivity index (χ0n) is 11.5. The second-order valence-corrected chi connectivity index (χ2v) is 3.87. The van der Waals surface area contributed by atoms with E-state index in [0.717, 1.165) is 0 Å². The Morgan fingerprint density at radius 3 is 1.81 bits per heavy atom. The summed E-state index contributed by atoms with van der Waals surface area (Å²) in [7, 11) is 0. The number of halogens is 4. The topological polar surface area (TPSA) is 144 Å². The number of carbonyl (C=O) groups is 2. The average Bonchev–Trinajstić information content (AvgIpc) is 2.30. The van der Waals surface area contributed by atoms with Crippen molar-refractivity contribution in [3.63, 3.8) is 0 Å². The number of aliphatic carboxylic acids is 1. The Morgan fingerprint density at radius 1 is 1.00 bits per heavy atom. The van der Waals surface area contributed by atoms with Crippen LogP contribution in [0.3, 0.4) is 0 Å². The normalized spacial score (nSPS) is 11.4. The van der Waals surface area contributed by atoms with E-state index in [1.165, 1.54) is 0 Å². The van der Waals surface area contributed by atoms with Crippen LogP contribution in [0.5, 0.6) is 0 Å². The maximum absolute atomic E-state index is 11.6. The summed E-state index contributed by atoms with van der Waals surface area (Å²) in [6, 6.07) is -1.63. The van der Waals surface area contributed by atoms with Crippen LogP contribution in [-0.2, 0) is 9.59 Å². The Bertz CT molecular complexity index is 266. The molecule has 0 aliphatic carbocycles. The van der Waals surface area contributed by atoms with E-state index in [-0.39, 0.29) is 63.4 Å². The van der Waals surface area contributed by atoms with E-state index < -0.39 is 24.0 Å². The minimum absolute atomic E-state index is 0. The molecule has 0 fully saturated rings. The predicted octanol–water partition coefficient (Wildman–Crippen LogP) is 0.516. The highest BCUT2D eigenvalue weighted by atomic mass is 79.9. The first-order valence-corrected chi connectivity index (χ1v) is 5.71. The molecule has 0 saturated heterocycles. The molecular formula is C10H26Br3ClN4O3. The van der Waals surface area contributed by atoms with Gasteiger partial charge in [-0.1, -0.05) is 0 Å². The van der Waals surface area contributed by atoms with E-state index in [4.69, 9.17) is 22.3 Å². The number of amides is 1. The van der Waals surface area contributed by atoms with Gasteiger partial charge in [0.15, 0.2) is 0 Å². The van der Waals surface area contributed by atoms with Gasteiger partial charge in [0.2, 0.25) is 5.91 Å². The number of carbonyl (C=O) groups excluding carboxylic acids is 1. The lowest BCUT2D eigenvalue weighted by Gasteiger charge is -2.17. The summed E-state index contributed by atoms with van der Waals surface area (Å²) in [6.45, 7) is 0.843. The van der Waals surface area contributed by atoms with Gasteiger partial charge in [0.05, 0.1) is 6.04 Å². The van der Waals surface area contributed by atoms with Gasteiger partial charge in [0, 0.05) is 0 Å². The second kappa shape index (κ2) is 20.6. The number of nitrogens with one attached hydrogen (secondary N) is 1. The van der Waals surface area contributed by atoms with E-state index in [0.29, 0.717) is 38.8 Å². The first-order valence-electron chi connectivity index (χ1n) is 5.71. The fraction of sp³-hybridized carbons (Fsp3) is 0.800. The molecule has 0 bridgehead atoms. The van der Waals surface area contributed by atoms with Gasteiger partial charge < -0.3 is 27.6 Å². The third kappa shape index (κ3) is 16.7. The van der Waals surface area contributed by atoms with Crippen molar-refractivity contribution in [2.45, 2.75) is 37.8 Å². The monoisotopic (exact) mass is 522 g/mol. The third-order valence-electron chi connectivity index (χ3n) is 2.37. The molecule has 0 aromatic rings. The van der Waals surface area contributed by atoms with Gasteiger partial charge in [-0.05, 0) is 38.8 Å². The highest BCUT2D eigenvalue weighted by molar-refractivity contribution is 8.93. The Hall–Kier alpha value is 0.550. The number of hydrogen-bond acceptors (Lipinski definition) is 5. The van der Waals surface area contributed by atoms with Crippen molar-refractivity contribution in [2.24, 2.45) is 17.2 Å². The van der Waals surface area contributed by atoms with Crippen LogP contribution >= 0.6 is 63.4 Å². The molecule has 1 amide bonds. The molecule has 8 N–H and O–H groups in total. The molecule has 132 valence electrons. The van der Waals surface area contributed by atoms with E-state index in [9.17, 15) is 9.59 Å². The van der Waals surface area contributed by atoms with Crippen LogP contribution in [0.4, 0.5) is 0 Å². The maximum atomic E-state index is 11.6. The summed E-state index contributed by atoms with van der Waals surface area (Å²) in [5, 5.41) is 11.3. The molecule has 0 unspecified atom stereocenters. The van der Waals surface area contributed by atoms with Crippen LogP contribution in [-0.4, -0.2) is 42.2 Å². The Balaban J connectivity index is -0.000000213. The molecule has 0 radical (unpaired) electrons. The number of rotatable bonds is 9. The maximum Gasteiger partial charge on any atom is 0.326 e. The summed E-state index contributed by atoms with van der Waals surface area (Å²) < 4.78 is 0. The molecule has 0 heterocycles. The molecule has 0 rings (SSSR count). The van der Waals surface area contributed by atoms with Gasteiger partial charge in [-0.15, -0.1) is 63.4 Å². The van der Waals surface area contributed by atoms with Crippen molar-refractivity contribution < 1.29 is 14.7 Å². The lowest BCUT2D eigenvalue weighted by Crippen LogP contribution is -2.48. The van der Waals surface area contributed by atoms with Crippen LogP contribution in [0.25, 0.3) is 0 Å². The van der Waals surface area contributed by atoms with Gasteiger partial charge in [-0.3, -0.25) is 4.79 Å². The zero-order valence-corrected chi connectivity index (χ0v) is 17.5. The summed E-state index contributed by atoms with van der Waals surface area (Å²) in [6.07, 6.45) is 1.93. The Labute approximate surface area is 162 Å². The van der Waals surface area contributed by atoms with Crippen LogP contribution in [0.1, 0.15) is 25.7 Å². The highest BCUT2D eigenvalue weighted by Gasteiger charge is 2.22. The molecule has 0 aromatic carbocycles. The van der Waals surface area contributed by atoms with E-state index in [1.807, 2.05) is 0 Å². The number of nitrogens with two attached hydrogens (primary N) is 3. The summed E-state index contributed by atoms with van der Waals surface area (Å²) in [5.41, 5.74) is 16.2.